The van der Waals surface area contributed by atoms with Gasteiger partial charge in [0.25, 0.3) is 11.9 Å². The van der Waals surface area contributed by atoms with Gasteiger partial charge >= 0.3 is 0 Å². The molecule has 0 bridgehead atoms. The van der Waals surface area contributed by atoms with Crippen molar-refractivity contribution in [2.75, 3.05) is 32.8 Å². The Bertz CT molecular complexity index is 1280. The highest BCUT2D eigenvalue weighted by Crippen LogP contribution is 2.45. The number of carbonyl (C=O) groups is 1. The average Bonchev–Trinajstić information content (AvgIpc) is 3.42. The Morgan fingerprint density at radius 3 is 2.81 bits per heavy atom. The molecule has 1 saturated heterocycles. The second kappa shape index (κ2) is 10.8. The zero-order chi connectivity index (χ0) is 25.8. The van der Waals surface area contributed by atoms with E-state index in [1.807, 2.05) is 41.8 Å². The summed E-state index contributed by atoms with van der Waals surface area (Å²) in [5, 5.41) is 9.00. The number of ether oxygens (including phenoxy) is 4. The smallest absolute Gasteiger partial charge is 0.292 e. The monoisotopic (exact) mass is 522 g/mol. The number of nitrogens with zero attached hydrogens (tertiary/aromatic N) is 2. The van der Waals surface area contributed by atoms with Crippen LogP contribution in [0, 0.1) is 5.92 Å². The first-order valence-corrected chi connectivity index (χ1v) is 13.0. The molecule has 1 amide bonds. The van der Waals surface area contributed by atoms with Crippen LogP contribution in [0.2, 0.25) is 0 Å². The fraction of sp³-hybridized carbons (Fsp3) is 0.370. The molecule has 9 nitrogen and oxygen atoms in total. The maximum Gasteiger partial charge on any atom is 0.292 e. The predicted octanol–water partition coefficient (Wildman–Crippen LogP) is 4.21. The molecule has 194 valence electrons. The summed E-state index contributed by atoms with van der Waals surface area (Å²) < 4.78 is 22.8. The van der Waals surface area contributed by atoms with Gasteiger partial charge in [0.15, 0.2) is 0 Å². The van der Waals surface area contributed by atoms with Gasteiger partial charge in [0.2, 0.25) is 0 Å². The van der Waals surface area contributed by atoms with Crippen molar-refractivity contribution in [1.29, 1.82) is 0 Å². The minimum Gasteiger partial charge on any atom is -0.497 e. The summed E-state index contributed by atoms with van der Waals surface area (Å²) in [6.07, 6.45) is 0.881. The van der Waals surface area contributed by atoms with E-state index in [0.29, 0.717) is 25.3 Å². The van der Waals surface area contributed by atoms with Crippen molar-refractivity contribution >= 4 is 29.1 Å². The molecule has 0 radical (unpaired) electrons. The number of hydrogen-bond acceptors (Lipinski definition) is 9. The van der Waals surface area contributed by atoms with E-state index in [2.05, 4.69) is 17.6 Å². The SMILES string of the molecule is COc1ccc(CNc2csc(C34CO[C@@H](C)C[C@H]3COC(NC(=O)c3ccccc3)=N4)n2)c(OC)c1. The van der Waals surface area contributed by atoms with Crippen LogP contribution in [0.15, 0.2) is 58.9 Å². The second-order valence-corrected chi connectivity index (χ2v) is 9.95. The average molecular weight is 523 g/mol. The summed E-state index contributed by atoms with van der Waals surface area (Å²) >= 11 is 1.52. The number of amides is 1. The highest BCUT2D eigenvalue weighted by molar-refractivity contribution is 7.10. The molecule has 0 spiro atoms. The standard InChI is InChI=1S/C27H30N4O5S/c1-17-11-20-14-35-26(30-24(32)18-7-5-4-6-8-18)31-27(20,16-36-17)25-29-23(15-37-25)28-13-19-9-10-21(33-2)12-22(19)34-3/h4-10,12,15,17,20,28H,11,13-14,16H2,1-3H3,(H,30,31,32)/t17-,20-,27?/m0/s1. The molecule has 37 heavy (non-hydrogen) atoms. The minimum absolute atomic E-state index is 0.0781. The minimum atomic E-state index is -0.730. The van der Waals surface area contributed by atoms with Gasteiger partial charge in [0, 0.05) is 35.0 Å². The molecular formula is C27H30N4O5S. The molecule has 2 aromatic carbocycles. The van der Waals surface area contributed by atoms with Gasteiger partial charge in [-0.3, -0.25) is 10.1 Å². The molecule has 10 heteroatoms. The van der Waals surface area contributed by atoms with Crippen LogP contribution in [0.3, 0.4) is 0 Å². The first-order chi connectivity index (χ1) is 18.0. The van der Waals surface area contributed by atoms with Gasteiger partial charge in [0.05, 0.1) is 33.5 Å². The zero-order valence-corrected chi connectivity index (χ0v) is 21.8. The lowest BCUT2D eigenvalue weighted by Gasteiger charge is -2.44. The first-order valence-electron chi connectivity index (χ1n) is 12.1. The van der Waals surface area contributed by atoms with E-state index in [4.69, 9.17) is 28.9 Å². The van der Waals surface area contributed by atoms with Crippen LogP contribution in [0.5, 0.6) is 11.5 Å². The Kier molecular flexibility index (Phi) is 7.29. The number of nitrogens with one attached hydrogen (secondary N) is 2. The highest BCUT2D eigenvalue weighted by atomic mass is 32.1. The van der Waals surface area contributed by atoms with E-state index in [1.165, 1.54) is 11.3 Å². The Labute approximate surface area is 219 Å². The summed E-state index contributed by atoms with van der Waals surface area (Å²) in [6.45, 7) is 3.38. The molecule has 1 fully saturated rings. The van der Waals surface area contributed by atoms with E-state index in [0.717, 1.165) is 34.3 Å². The third-order valence-electron chi connectivity index (χ3n) is 6.69. The van der Waals surface area contributed by atoms with Gasteiger partial charge in [-0.25, -0.2) is 9.98 Å². The van der Waals surface area contributed by atoms with Crippen molar-refractivity contribution < 1.29 is 23.7 Å². The molecule has 2 aliphatic rings. The zero-order valence-electron chi connectivity index (χ0n) is 21.0. The van der Waals surface area contributed by atoms with Gasteiger partial charge < -0.3 is 24.3 Å². The van der Waals surface area contributed by atoms with Crippen LogP contribution in [0.25, 0.3) is 0 Å². The fourth-order valence-electron chi connectivity index (χ4n) is 4.62. The van der Waals surface area contributed by atoms with E-state index in [9.17, 15) is 4.79 Å². The van der Waals surface area contributed by atoms with Crippen molar-refractivity contribution in [2.24, 2.45) is 10.9 Å². The molecule has 1 aromatic heterocycles. The maximum atomic E-state index is 12.7. The van der Waals surface area contributed by atoms with Crippen LogP contribution in [0.1, 0.15) is 34.3 Å². The normalized spacial score (nSPS) is 22.7. The topological polar surface area (TPSA) is 103 Å². The van der Waals surface area contributed by atoms with Crippen molar-refractivity contribution in [3.8, 4) is 11.5 Å². The Morgan fingerprint density at radius 2 is 2.03 bits per heavy atom. The van der Waals surface area contributed by atoms with Gasteiger partial charge in [-0.05, 0) is 37.6 Å². The summed E-state index contributed by atoms with van der Waals surface area (Å²) in [5.41, 5.74) is 0.791. The van der Waals surface area contributed by atoms with Gasteiger partial charge in [0.1, 0.15) is 27.9 Å². The third-order valence-corrected chi connectivity index (χ3v) is 7.70. The Morgan fingerprint density at radius 1 is 1.19 bits per heavy atom. The van der Waals surface area contributed by atoms with Crippen LogP contribution in [-0.2, 0) is 21.6 Å². The van der Waals surface area contributed by atoms with Crippen molar-refractivity contribution in [3.63, 3.8) is 0 Å². The lowest BCUT2D eigenvalue weighted by atomic mass is 9.79. The summed E-state index contributed by atoms with van der Waals surface area (Å²) in [7, 11) is 3.27. The second-order valence-electron chi connectivity index (χ2n) is 9.10. The molecule has 0 aliphatic carbocycles. The van der Waals surface area contributed by atoms with Gasteiger partial charge in [-0.1, -0.05) is 18.2 Å². The van der Waals surface area contributed by atoms with E-state index in [1.54, 1.807) is 26.4 Å². The molecule has 3 aromatic rings. The van der Waals surface area contributed by atoms with E-state index < -0.39 is 5.54 Å². The lowest BCUT2D eigenvalue weighted by Crippen LogP contribution is -2.52. The highest BCUT2D eigenvalue weighted by Gasteiger charge is 2.50. The van der Waals surface area contributed by atoms with E-state index in [-0.39, 0.29) is 24.0 Å². The number of methoxy groups -OCH3 is 2. The molecular weight excluding hydrogens is 492 g/mol. The number of rotatable bonds is 7. The number of amidine groups is 1. The van der Waals surface area contributed by atoms with Crippen molar-refractivity contribution in [2.45, 2.75) is 31.5 Å². The van der Waals surface area contributed by atoms with Crippen molar-refractivity contribution in [1.82, 2.24) is 10.3 Å². The molecule has 3 heterocycles. The first kappa shape index (κ1) is 25.0. The van der Waals surface area contributed by atoms with E-state index >= 15 is 0 Å². The molecule has 1 unspecified atom stereocenters. The number of thiazole rings is 1. The third kappa shape index (κ3) is 5.26. The molecule has 5 rings (SSSR count). The summed E-state index contributed by atoms with van der Waals surface area (Å²) in [4.78, 5) is 22.5. The van der Waals surface area contributed by atoms with Gasteiger partial charge in [-0.15, -0.1) is 11.3 Å². The number of anilines is 1. The van der Waals surface area contributed by atoms with Gasteiger partial charge in [-0.2, -0.15) is 0 Å². The summed E-state index contributed by atoms with van der Waals surface area (Å²) in [6, 6.07) is 14.9. The summed E-state index contributed by atoms with van der Waals surface area (Å²) in [5.74, 6) is 2.02. The molecule has 2 aliphatic heterocycles. The maximum absolute atomic E-state index is 12.7. The van der Waals surface area contributed by atoms with Crippen molar-refractivity contribution in [3.05, 3.63) is 70.0 Å². The number of aromatic nitrogens is 1. The molecule has 3 atom stereocenters. The Hall–Kier alpha value is -3.63. The number of benzene rings is 2. The van der Waals surface area contributed by atoms with Crippen LogP contribution in [0.4, 0.5) is 5.82 Å². The predicted molar refractivity (Wildman–Crippen MR) is 141 cm³/mol. The quantitative estimate of drug-likeness (QED) is 0.479. The number of aliphatic imine (C=N–C) groups is 1. The number of carbonyl (C=O) groups excluding carboxylic acids is 1. The number of hydrogen-bond donors (Lipinski definition) is 2. The Balaban J connectivity index is 1.37. The molecule has 2 N–H and O–H groups in total. The largest absolute Gasteiger partial charge is 0.497 e. The number of fused-ring (bicyclic) bond motifs is 1. The lowest BCUT2D eigenvalue weighted by molar-refractivity contribution is -0.0739. The fourth-order valence-corrected chi connectivity index (χ4v) is 5.60. The van der Waals surface area contributed by atoms with Crippen LogP contribution >= 0.6 is 11.3 Å². The van der Waals surface area contributed by atoms with Crippen LogP contribution in [-0.4, -0.2) is 50.5 Å². The molecule has 0 saturated carbocycles. The van der Waals surface area contributed by atoms with Crippen LogP contribution < -0.4 is 20.1 Å².